The number of rotatable bonds is 3. The molecule has 2 fully saturated rings. The zero-order valence-electron chi connectivity index (χ0n) is 9.06. The third kappa shape index (κ3) is 2.10. The molecular formula is C13H15ClO2. The molecule has 16 heavy (non-hydrogen) atoms. The highest BCUT2D eigenvalue weighted by atomic mass is 35.5. The largest absolute Gasteiger partial charge is 0.346 e. The Morgan fingerprint density at radius 1 is 1.12 bits per heavy atom. The van der Waals surface area contributed by atoms with E-state index < -0.39 is 0 Å². The lowest BCUT2D eigenvalue weighted by Gasteiger charge is -2.11. The monoisotopic (exact) mass is 238 g/mol. The van der Waals surface area contributed by atoms with Gasteiger partial charge in [-0.1, -0.05) is 24.3 Å². The van der Waals surface area contributed by atoms with Gasteiger partial charge in [0.1, 0.15) is 0 Å². The number of halogens is 1. The van der Waals surface area contributed by atoms with Crippen molar-refractivity contribution in [3.05, 3.63) is 35.4 Å². The summed E-state index contributed by atoms with van der Waals surface area (Å²) in [7, 11) is 0. The van der Waals surface area contributed by atoms with Crippen LogP contribution >= 0.6 is 11.6 Å². The summed E-state index contributed by atoms with van der Waals surface area (Å²) in [6.07, 6.45) is 2.49. The second-order valence-electron chi connectivity index (χ2n) is 4.52. The van der Waals surface area contributed by atoms with Crippen molar-refractivity contribution in [1.29, 1.82) is 0 Å². The summed E-state index contributed by atoms with van der Waals surface area (Å²) in [4.78, 5) is 0. The van der Waals surface area contributed by atoms with Crippen LogP contribution in [-0.2, 0) is 9.47 Å². The molecule has 3 heteroatoms. The van der Waals surface area contributed by atoms with Gasteiger partial charge in [0, 0.05) is 5.56 Å². The lowest BCUT2D eigenvalue weighted by molar-refractivity contribution is -0.0567. The fraction of sp³-hybridized carbons (Fsp3) is 0.538. The standard InChI is InChI=1S/C13H15ClO2/c14-7-12-8-15-13(16-12)11-5-3-10(4-6-11)9-1-2-9/h3-6,9,12-13H,1-2,7-8H2. The zero-order chi connectivity index (χ0) is 11.0. The van der Waals surface area contributed by atoms with Crippen LogP contribution in [0.1, 0.15) is 36.2 Å². The average molecular weight is 239 g/mol. The molecule has 0 radical (unpaired) electrons. The number of ether oxygens (including phenoxy) is 2. The molecule has 1 saturated carbocycles. The maximum absolute atomic E-state index is 5.73. The predicted molar refractivity (Wildman–Crippen MR) is 62.7 cm³/mol. The van der Waals surface area contributed by atoms with Crippen LogP contribution < -0.4 is 0 Å². The quantitative estimate of drug-likeness (QED) is 0.753. The van der Waals surface area contributed by atoms with Gasteiger partial charge in [-0.05, 0) is 24.3 Å². The Bertz CT molecular complexity index is 359. The number of benzene rings is 1. The van der Waals surface area contributed by atoms with Crippen molar-refractivity contribution in [2.24, 2.45) is 0 Å². The predicted octanol–water partition coefficient (Wildman–Crippen LogP) is 3.22. The highest BCUT2D eigenvalue weighted by Crippen LogP contribution is 2.40. The van der Waals surface area contributed by atoms with Gasteiger partial charge in [-0.2, -0.15) is 0 Å². The maximum atomic E-state index is 5.73. The molecule has 0 spiro atoms. The van der Waals surface area contributed by atoms with Crippen LogP contribution in [0.25, 0.3) is 0 Å². The fourth-order valence-corrected chi connectivity index (χ4v) is 2.21. The maximum Gasteiger partial charge on any atom is 0.184 e. The van der Waals surface area contributed by atoms with Crippen molar-refractivity contribution in [2.45, 2.75) is 31.2 Å². The van der Waals surface area contributed by atoms with Crippen LogP contribution in [0.3, 0.4) is 0 Å². The summed E-state index contributed by atoms with van der Waals surface area (Å²) in [5, 5.41) is 0. The third-order valence-corrected chi connectivity index (χ3v) is 3.52. The first-order valence-electron chi connectivity index (χ1n) is 5.79. The normalized spacial score (nSPS) is 29.6. The van der Waals surface area contributed by atoms with Crippen LogP contribution in [0.15, 0.2) is 24.3 Å². The molecule has 1 aliphatic carbocycles. The van der Waals surface area contributed by atoms with E-state index in [0.717, 1.165) is 11.5 Å². The van der Waals surface area contributed by atoms with Gasteiger partial charge in [-0.25, -0.2) is 0 Å². The second kappa shape index (κ2) is 4.36. The molecule has 1 aliphatic heterocycles. The van der Waals surface area contributed by atoms with Crippen LogP contribution in [0.4, 0.5) is 0 Å². The Morgan fingerprint density at radius 2 is 1.81 bits per heavy atom. The van der Waals surface area contributed by atoms with Gasteiger partial charge in [-0.3, -0.25) is 0 Å². The van der Waals surface area contributed by atoms with Gasteiger partial charge in [-0.15, -0.1) is 11.6 Å². The molecule has 1 aromatic carbocycles. The van der Waals surface area contributed by atoms with Crippen LogP contribution in [0, 0.1) is 0 Å². The first kappa shape index (κ1) is 10.6. The number of hydrogen-bond acceptors (Lipinski definition) is 2. The van der Waals surface area contributed by atoms with Crippen LogP contribution in [0.5, 0.6) is 0 Å². The van der Waals surface area contributed by atoms with Gasteiger partial charge in [0.25, 0.3) is 0 Å². The number of alkyl halides is 1. The minimum absolute atomic E-state index is 0.0368. The van der Waals surface area contributed by atoms with Gasteiger partial charge >= 0.3 is 0 Å². The Kier molecular flexibility index (Phi) is 2.88. The second-order valence-corrected chi connectivity index (χ2v) is 4.83. The molecule has 0 amide bonds. The summed E-state index contributed by atoms with van der Waals surface area (Å²) in [5.41, 5.74) is 2.53. The molecule has 1 heterocycles. The Morgan fingerprint density at radius 3 is 2.38 bits per heavy atom. The van der Waals surface area contributed by atoms with E-state index in [4.69, 9.17) is 21.1 Å². The smallest absolute Gasteiger partial charge is 0.184 e. The van der Waals surface area contributed by atoms with E-state index >= 15 is 0 Å². The van der Waals surface area contributed by atoms with Crippen molar-refractivity contribution in [2.75, 3.05) is 12.5 Å². The van der Waals surface area contributed by atoms with Crippen molar-refractivity contribution < 1.29 is 9.47 Å². The topological polar surface area (TPSA) is 18.5 Å². The van der Waals surface area contributed by atoms with E-state index in [-0.39, 0.29) is 12.4 Å². The van der Waals surface area contributed by atoms with E-state index in [1.165, 1.54) is 18.4 Å². The molecule has 0 N–H and O–H groups in total. The average Bonchev–Trinajstić information content (AvgIpc) is 3.07. The summed E-state index contributed by atoms with van der Waals surface area (Å²) >= 11 is 5.73. The van der Waals surface area contributed by atoms with Crippen molar-refractivity contribution in [1.82, 2.24) is 0 Å². The lowest BCUT2D eigenvalue weighted by atomic mass is 10.1. The Hall–Kier alpha value is -0.570. The van der Waals surface area contributed by atoms with Crippen molar-refractivity contribution in [3.63, 3.8) is 0 Å². The Labute approximate surface area is 101 Å². The number of hydrogen-bond donors (Lipinski definition) is 0. The SMILES string of the molecule is ClCC1COC(c2ccc(C3CC3)cc2)O1. The summed E-state index contributed by atoms with van der Waals surface area (Å²) in [6.45, 7) is 0.596. The Balaban J connectivity index is 1.69. The van der Waals surface area contributed by atoms with Crippen LogP contribution in [-0.4, -0.2) is 18.6 Å². The molecule has 86 valence electrons. The highest BCUT2D eigenvalue weighted by molar-refractivity contribution is 6.18. The molecule has 2 nitrogen and oxygen atoms in total. The third-order valence-electron chi connectivity index (χ3n) is 3.18. The van der Waals surface area contributed by atoms with Crippen LogP contribution in [0.2, 0.25) is 0 Å². The highest BCUT2D eigenvalue weighted by Gasteiger charge is 2.27. The minimum Gasteiger partial charge on any atom is -0.346 e. The first-order valence-corrected chi connectivity index (χ1v) is 6.33. The molecule has 1 aromatic rings. The molecule has 1 saturated heterocycles. The van der Waals surface area contributed by atoms with Crippen molar-refractivity contribution >= 4 is 11.6 Å². The fourth-order valence-electron chi connectivity index (χ4n) is 2.05. The van der Waals surface area contributed by atoms with E-state index in [2.05, 4.69) is 24.3 Å². The summed E-state index contributed by atoms with van der Waals surface area (Å²) in [5.74, 6) is 1.30. The summed E-state index contributed by atoms with van der Waals surface area (Å²) < 4.78 is 11.2. The lowest BCUT2D eigenvalue weighted by Crippen LogP contribution is -2.10. The molecule has 3 rings (SSSR count). The summed E-state index contributed by atoms with van der Waals surface area (Å²) in [6, 6.07) is 8.59. The minimum atomic E-state index is -0.225. The van der Waals surface area contributed by atoms with Gasteiger partial charge in [0.2, 0.25) is 0 Å². The van der Waals surface area contributed by atoms with Gasteiger partial charge < -0.3 is 9.47 Å². The molecule has 0 aromatic heterocycles. The molecule has 0 bridgehead atoms. The molecule has 2 atom stereocenters. The molecule has 2 aliphatic rings. The van der Waals surface area contributed by atoms with Gasteiger partial charge in [0.05, 0.1) is 18.6 Å². The van der Waals surface area contributed by atoms with E-state index in [0.29, 0.717) is 12.5 Å². The van der Waals surface area contributed by atoms with E-state index in [9.17, 15) is 0 Å². The zero-order valence-corrected chi connectivity index (χ0v) is 9.82. The molecular weight excluding hydrogens is 224 g/mol. The first-order chi connectivity index (χ1) is 7.86. The van der Waals surface area contributed by atoms with Gasteiger partial charge in [0.15, 0.2) is 6.29 Å². The van der Waals surface area contributed by atoms with E-state index in [1.54, 1.807) is 0 Å². The van der Waals surface area contributed by atoms with Crippen molar-refractivity contribution in [3.8, 4) is 0 Å². The molecule has 2 unspecified atom stereocenters. The van der Waals surface area contributed by atoms with E-state index in [1.807, 2.05) is 0 Å².